The Balaban J connectivity index is 1.37. The second-order valence-electron chi connectivity index (χ2n) is 8.15. The zero-order valence-corrected chi connectivity index (χ0v) is 17.8. The number of piperidine rings is 1. The van der Waals surface area contributed by atoms with Crippen LogP contribution in [0.4, 0.5) is 10.3 Å². The highest BCUT2D eigenvalue weighted by Crippen LogP contribution is 2.32. The van der Waals surface area contributed by atoms with Crippen LogP contribution in [0.1, 0.15) is 24.8 Å². The molecule has 166 valence electrons. The molecular weight excluding hydrogens is 435 g/mol. The van der Waals surface area contributed by atoms with Crippen molar-refractivity contribution in [2.75, 3.05) is 18.4 Å². The number of nitrogens with one attached hydrogen (secondary N) is 1. The predicted molar refractivity (Wildman–Crippen MR) is 115 cm³/mol. The molecule has 2 N–H and O–H groups in total. The molecule has 0 bridgehead atoms. The first-order chi connectivity index (χ1) is 15.4. The van der Waals surface area contributed by atoms with Crippen molar-refractivity contribution in [2.45, 2.75) is 36.7 Å². The summed E-state index contributed by atoms with van der Waals surface area (Å²) in [7, 11) is -3.34. The first kappa shape index (κ1) is 20.8. The van der Waals surface area contributed by atoms with Crippen LogP contribution in [0.3, 0.4) is 0 Å². The van der Waals surface area contributed by atoms with Gasteiger partial charge in [0.2, 0.25) is 16.0 Å². The van der Waals surface area contributed by atoms with Crippen molar-refractivity contribution in [3.63, 3.8) is 0 Å². The van der Waals surface area contributed by atoms with Gasteiger partial charge in [0.05, 0.1) is 40.9 Å². The average Bonchev–Trinajstić information content (AvgIpc) is 3.60. The van der Waals surface area contributed by atoms with Gasteiger partial charge in [-0.05, 0) is 31.4 Å². The molecule has 1 aromatic carbocycles. The lowest BCUT2D eigenvalue weighted by molar-refractivity contribution is 0.0946. The number of aliphatic hydroxyl groups is 1. The maximum absolute atomic E-state index is 14.4. The van der Waals surface area contributed by atoms with Crippen molar-refractivity contribution in [1.82, 2.24) is 18.9 Å². The number of sulfonamides is 1. The van der Waals surface area contributed by atoms with Crippen LogP contribution >= 0.6 is 0 Å². The lowest BCUT2D eigenvalue weighted by Gasteiger charge is -2.35. The molecule has 2 aromatic heterocycles. The molecule has 3 aromatic rings. The molecule has 1 aliphatic carbocycles. The minimum atomic E-state index is -3.34. The largest absolute Gasteiger partial charge is 0.390 e. The summed E-state index contributed by atoms with van der Waals surface area (Å²) in [6, 6.07) is 9.69. The summed E-state index contributed by atoms with van der Waals surface area (Å²) in [5.74, 6) is -0.278. The van der Waals surface area contributed by atoms with Gasteiger partial charge in [0, 0.05) is 24.7 Å². The average molecular weight is 457 g/mol. The number of nitriles is 1. The van der Waals surface area contributed by atoms with E-state index in [-0.39, 0.29) is 23.3 Å². The van der Waals surface area contributed by atoms with Gasteiger partial charge in [-0.15, -0.1) is 5.10 Å². The highest BCUT2D eigenvalue weighted by molar-refractivity contribution is 7.90. The minimum absolute atomic E-state index is 0.0212. The number of fused-ring (bicyclic) bond motifs is 1. The fourth-order valence-electron chi connectivity index (χ4n) is 3.98. The molecule has 2 atom stereocenters. The van der Waals surface area contributed by atoms with Crippen LogP contribution in [0.2, 0.25) is 0 Å². The van der Waals surface area contributed by atoms with Gasteiger partial charge in [-0.25, -0.2) is 22.3 Å². The Kier molecular flexibility index (Phi) is 5.08. The molecule has 11 heteroatoms. The molecule has 3 heterocycles. The first-order valence-corrected chi connectivity index (χ1v) is 11.9. The maximum Gasteiger partial charge on any atom is 0.241 e. The Labute approximate surface area is 184 Å². The van der Waals surface area contributed by atoms with E-state index in [1.165, 1.54) is 21.1 Å². The van der Waals surface area contributed by atoms with E-state index >= 15 is 0 Å². The second kappa shape index (κ2) is 7.81. The van der Waals surface area contributed by atoms with Gasteiger partial charge < -0.3 is 10.4 Å². The Hall–Kier alpha value is -3.07. The summed E-state index contributed by atoms with van der Waals surface area (Å²) in [5.41, 5.74) is 1.88. The monoisotopic (exact) mass is 456 g/mol. The zero-order chi connectivity index (χ0) is 22.5. The van der Waals surface area contributed by atoms with Gasteiger partial charge in [0.25, 0.3) is 0 Å². The molecule has 5 rings (SSSR count). The van der Waals surface area contributed by atoms with Crippen molar-refractivity contribution in [3.05, 3.63) is 47.9 Å². The topological polar surface area (TPSA) is 124 Å². The number of rotatable bonds is 5. The molecule has 32 heavy (non-hydrogen) atoms. The predicted octanol–water partition coefficient (Wildman–Crippen LogP) is 1.75. The highest BCUT2D eigenvalue weighted by Gasteiger charge is 2.43. The number of benzene rings is 1. The van der Waals surface area contributed by atoms with E-state index in [0.29, 0.717) is 42.6 Å². The lowest BCUT2D eigenvalue weighted by atomic mass is 10.0. The number of halogens is 1. The van der Waals surface area contributed by atoms with E-state index in [4.69, 9.17) is 5.26 Å². The van der Waals surface area contributed by atoms with Crippen LogP contribution in [0.5, 0.6) is 0 Å². The van der Waals surface area contributed by atoms with Crippen molar-refractivity contribution in [3.8, 4) is 17.3 Å². The first-order valence-electron chi connectivity index (χ1n) is 10.3. The van der Waals surface area contributed by atoms with Crippen LogP contribution < -0.4 is 5.32 Å². The van der Waals surface area contributed by atoms with Gasteiger partial charge in [-0.1, -0.05) is 12.1 Å². The van der Waals surface area contributed by atoms with Crippen LogP contribution in [-0.2, 0) is 10.0 Å². The zero-order valence-electron chi connectivity index (χ0n) is 17.0. The Morgan fingerprint density at radius 1 is 1.22 bits per heavy atom. The number of nitrogens with zero attached hydrogens (tertiary/aromatic N) is 5. The third-order valence-corrected chi connectivity index (χ3v) is 8.31. The number of aliphatic hydroxyl groups excluding tert-OH is 1. The van der Waals surface area contributed by atoms with E-state index in [1.54, 1.807) is 24.3 Å². The summed E-state index contributed by atoms with van der Waals surface area (Å²) in [6.07, 6.45) is 2.20. The van der Waals surface area contributed by atoms with E-state index in [9.17, 15) is 17.9 Å². The van der Waals surface area contributed by atoms with E-state index in [2.05, 4.69) is 15.4 Å². The van der Waals surface area contributed by atoms with Gasteiger partial charge in [-0.2, -0.15) is 9.57 Å². The molecule has 1 saturated carbocycles. The Bertz CT molecular complexity index is 1310. The van der Waals surface area contributed by atoms with Crippen molar-refractivity contribution in [1.29, 1.82) is 5.26 Å². The summed E-state index contributed by atoms with van der Waals surface area (Å²) >= 11 is 0. The molecule has 0 spiro atoms. The molecular formula is C21H21FN6O3S. The summed E-state index contributed by atoms with van der Waals surface area (Å²) in [4.78, 5) is 4.17. The second-order valence-corrected chi connectivity index (χ2v) is 10.4. The quantitative estimate of drug-likeness (QED) is 0.599. The molecule has 9 nitrogen and oxygen atoms in total. The van der Waals surface area contributed by atoms with Gasteiger partial charge in [0.15, 0.2) is 5.82 Å². The van der Waals surface area contributed by atoms with Crippen LogP contribution in [0, 0.1) is 17.1 Å². The van der Waals surface area contributed by atoms with E-state index in [1.807, 2.05) is 6.07 Å². The van der Waals surface area contributed by atoms with Crippen molar-refractivity contribution < 1.29 is 17.9 Å². The van der Waals surface area contributed by atoms with Crippen LogP contribution in [-0.4, -0.2) is 62.9 Å². The van der Waals surface area contributed by atoms with Crippen LogP contribution in [0.25, 0.3) is 16.8 Å². The van der Waals surface area contributed by atoms with Gasteiger partial charge in [0.1, 0.15) is 5.52 Å². The summed E-state index contributed by atoms with van der Waals surface area (Å²) in [6.45, 7) is 0.331. The molecule has 1 saturated heterocycles. The van der Waals surface area contributed by atoms with Gasteiger partial charge in [-0.3, -0.25) is 0 Å². The number of hydrogen-bond acceptors (Lipinski definition) is 7. The highest BCUT2D eigenvalue weighted by atomic mass is 32.2. The molecule has 2 fully saturated rings. The SMILES string of the molecule is N#Cc1ccc(-c2cc(F)c3cnc(N[C@@H]4CCN(S(=O)(=O)C5CC5)C[C@H]4O)nn23)cc1. The minimum Gasteiger partial charge on any atom is -0.390 e. The van der Waals surface area contributed by atoms with E-state index in [0.717, 1.165) is 0 Å². The maximum atomic E-state index is 14.4. The molecule has 0 unspecified atom stereocenters. The fourth-order valence-corrected chi connectivity index (χ4v) is 5.86. The third-order valence-electron chi connectivity index (χ3n) is 5.94. The number of hydrogen-bond donors (Lipinski definition) is 2. The normalized spacial score (nSPS) is 22.0. The van der Waals surface area contributed by atoms with E-state index < -0.39 is 28.0 Å². The Morgan fingerprint density at radius 2 is 1.97 bits per heavy atom. The molecule has 0 amide bonds. The standard InChI is InChI=1S/C21H21FN6O3S/c22-16-9-18(14-3-1-13(10-23)2-4-14)28-19(16)11-24-21(26-28)25-17-7-8-27(12-20(17)29)32(30,31)15-5-6-15/h1-4,9,11,15,17,20,29H,5-8,12H2,(H,25,26)/t17-,20-/m1/s1. The van der Waals surface area contributed by atoms with Crippen molar-refractivity contribution >= 4 is 21.5 Å². The number of aromatic nitrogens is 3. The summed E-state index contributed by atoms with van der Waals surface area (Å²) < 4.78 is 42.1. The lowest BCUT2D eigenvalue weighted by Crippen LogP contribution is -2.52. The molecule has 2 aliphatic rings. The molecule has 0 radical (unpaired) electrons. The number of anilines is 1. The van der Waals surface area contributed by atoms with Crippen LogP contribution in [0.15, 0.2) is 36.5 Å². The fraction of sp³-hybridized carbons (Fsp3) is 0.381. The van der Waals surface area contributed by atoms with Gasteiger partial charge >= 0.3 is 0 Å². The summed E-state index contributed by atoms with van der Waals surface area (Å²) in [5, 5.41) is 26.7. The van der Waals surface area contributed by atoms with Crippen molar-refractivity contribution in [2.24, 2.45) is 0 Å². The smallest absolute Gasteiger partial charge is 0.241 e. The Morgan fingerprint density at radius 3 is 2.62 bits per heavy atom. The number of β-amino-alcohol motifs (C(OH)–C–C–N with tert-alkyl or cyclic N) is 1. The third kappa shape index (κ3) is 3.70. The molecule has 1 aliphatic heterocycles.